The van der Waals surface area contributed by atoms with Crippen LogP contribution in [0.3, 0.4) is 0 Å². The van der Waals surface area contributed by atoms with Gasteiger partial charge in [0.2, 0.25) is 5.76 Å². The smallest absolute Gasteiger partial charge is 0.370 e. The molecular formula is C17H16O5. The third kappa shape index (κ3) is 4.36. The minimum absolute atomic E-state index is 0.386. The van der Waals surface area contributed by atoms with E-state index in [0.29, 0.717) is 17.9 Å². The lowest BCUT2D eigenvalue weighted by atomic mass is 10.1. The third-order valence-corrected chi connectivity index (χ3v) is 2.98. The number of aliphatic hydroxyl groups excluding tert-OH is 2. The summed E-state index contributed by atoms with van der Waals surface area (Å²) in [5.41, 5.74) is 1.44. The van der Waals surface area contributed by atoms with Gasteiger partial charge in [-0.1, -0.05) is 42.5 Å². The number of carbonyl (C=O) groups is 1. The zero-order chi connectivity index (χ0) is 15.9. The molecule has 0 bridgehead atoms. The highest BCUT2D eigenvalue weighted by Crippen LogP contribution is 2.21. The fourth-order valence-corrected chi connectivity index (χ4v) is 1.85. The van der Waals surface area contributed by atoms with Gasteiger partial charge in [0, 0.05) is 0 Å². The molecule has 0 spiro atoms. The molecule has 0 aliphatic carbocycles. The molecule has 1 unspecified atom stereocenters. The van der Waals surface area contributed by atoms with E-state index in [0.717, 1.165) is 11.6 Å². The van der Waals surface area contributed by atoms with Crippen LogP contribution in [0.5, 0.6) is 5.75 Å². The summed E-state index contributed by atoms with van der Waals surface area (Å²) in [5, 5.41) is 27.6. The largest absolute Gasteiger partial charge is 0.502 e. The molecule has 0 fully saturated rings. The van der Waals surface area contributed by atoms with E-state index in [1.54, 1.807) is 24.3 Å². The average molecular weight is 300 g/mol. The molecule has 0 aliphatic rings. The first-order valence-electron chi connectivity index (χ1n) is 6.65. The Labute approximate surface area is 127 Å². The van der Waals surface area contributed by atoms with E-state index >= 15 is 0 Å². The predicted octanol–water partition coefficient (Wildman–Crippen LogP) is 2.83. The summed E-state index contributed by atoms with van der Waals surface area (Å²) in [7, 11) is 0. The molecule has 0 radical (unpaired) electrons. The summed E-state index contributed by atoms with van der Waals surface area (Å²) in [6.07, 6.45) is -0.366. The molecule has 5 heteroatoms. The number of ether oxygens (including phenoxy) is 1. The lowest BCUT2D eigenvalue weighted by molar-refractivity contribution is -0.135. The van der Waals surface area contributed by atoms with Crippen LogP contribution in [0.4, 0.5) is 0 Å². The van der Waals surface area contributed by atoms with Crippen LogP contribution >= 0.6 is 0 Å². The molecule has 22 heavy (non-hydrogen) atoms. The van der Waals surface area contributed by atoms with Crippen LogP contribution in [0, 0.1) is 0 Å². The number of rotatable bonds is 6. The highest BCUT2D eigenvalue weighted by atomic mass is 16.5. The van der Waals surface area contributed by atoms with Gasteiger partial charge in [0.15, 0.2) is 0 Å². The Hall–Kier alpha value is -2.79. The summed E-state index contributed by atoms with van der Waals surface area (Å²) >= 11 is 0. The van der Waals surface area contributed by atoms with Crippen molar-refractivity contribution in [2.75, 3.05) is 0 Å². The number of carboxylic acid groups (broad SMARTS) is 1. The second kappa shape index (κ2) is 7.28. The molecule has 1 atom stereocenters. The zero-order valence-corrected chi connectivity index (χ0v) is 11.7. The van der Waals surface area contributed by atoms with Crippen molar-refractivity contribution in [3.63, 3.8) is 0 Å². The van der Waals surface area contributed by atoms with E-state index in [-0.39, 0.29) is 0 Å². The van der Waals surface area contributed by atoms with Crippen LogP contribution < -0.4 is 4.74 Å². The molecule has 0 aromatic heterocycles. The number of aliphatic carboxylic acids is 1. The van der Waals surface area contributed by atoms with Crippen molar-refractivity contribution in [2.45, 2.75) is 12.7 Å². The summed E-state index contributed by atoms with van der Waals surface area (Å²) < 4.78 is 5.62. The molecule has 0 aliphatic heterocycles. The van der Waals surface area contributed by atoms with E-state index < -0.39 is 17.8 Å². The minimum atomic E-state index is -1.49. The average Bonchev–Trinajstić information content (AvgIpc) is 2.54. The van der Waals surface area contributed by atoms with E-state index in [1.165, 1.54) is 0 Å². The Kier molecular flexibility index (Phi) is 5.16. The highest BCUT2D eigenvalue weighted by molar-refractivity contribution is 5.83. The first-order chi connectivity index (χ1) is 10.6. The van der Waals surface area contributed by atoms with E-state index in [1.807, 2.05) is 30.3 Å². The standard InChI is InChI=1S/C17H16O5/c18-15(10-16(19)17(20)21)13-7-4-8-14(9-13)22-11-12-5-2-1-3-6-12/h1-10,15,18-19H,11H2,(H,20,21)/b16-10-. The number of hydrogen-bond donors (Lipinski definition) is 3. The minimum Gasteiger partial charge on any atom is -0.502 e. The highest BCUT2D eigenvalue weighted by Gasteiger charge is 2.11. The van der Waals surface area contributed by atoms with Crippen LogP contribution in [-0.4, -0.2) is 21.3 Å². The van der Waals surface area contributed by atoms with Gasteiger partial charge in [-0.2, -0.15) is 0 Å². The Morgan fingerprint density at radius 2 is 1.82 bits per heavy atom. The monoisotopic (exact) mass is 300 g/mol. The molecule has 0 heterocycles. The number of hydrogen-bond acceptors (Lipinski definition) is 4. The van der Waals surface area contributed by atoms with Gasteiger partial charge >= 0.3 is 5.97 Å². The first kappa shape index (κ1) is 15.6. The Bertz CT molecular complexity index is 664. The van der Waals surface area contributed by atoms with Crippen LogP contribution in [-0.2, 0) is 11.4 Å². The maximum atomic E-state index is 10.5. The summed E-state index contributed by atoms with van der Waals surface area (Å²) in [4.78, 5) is 10.5. The topological polar surface area (TPSA) is 87.0 Å². The van der Waals surface area contributed by atoms with Crippen molar-refractivity contribution in [2.24, 2.45) is 0 Å². The fourth-order valence-electron chi connectivity index (χ4n) is 1.85. The Morgan fingerprint density at radius 1 is 1.09 bits per heavy atom. The van der Waals surface area contributed by atoms with Gasteiger partial charge in [-0.3, -0.25) is 0 Å². The summed E-state index contributed by atoms with van der Waals surface area (Å²) in [6, 6.07) is 16.3. The fraction of sp³-hybridized carbons (Fsp3) is 0.118. The predicted molar refractivity (Wildman–Crippen MR) is 80.5 cm³/mol. The van der Waals surface area contributed by atoms with E-state index in [9.17, 15) is 9.90 Å². The van der Waals surface area contributed by atoms with E-state index in [2.05, 4.69) is 0 Å². The van der Waals surface area contributed by atoms with Crippen molar-refractivity contribution in [1.29, 1.82) is 0 Å². The molecule has 2 aromatic rings. The quantitative estimate of drug-likeness (QED) is 0.564. The molecule has 2 rings (SSSR count). The third-order valence-electron chi connectivity index (χ3n) is 2.98. The zero-order valence-electron chi connectivity index (χ0n) is 11.7. The Balaban J connectivity index is 2.06. The van der Waals surface area contributed by atoms with Crippen LogP contribution in [0.2, 0.25) is 0 Å². The Morgan fingerprint density at radius 3 is 2.50 bits per heavy atom. The van der Waals surface area contributed by atoms with Gasteiger partial charge in [-0.15, -0.1) is 0 Å². The van der Waals surface area contributed by atoms with Crippen molar-refractivity contribution >= 4 is 5.97 Å². The molecule has 3 N–H and O–H groups in total. The number of aliphatic hydroxyl groups is 2. The van der Waals surface area contributed by atoms with Crippen LogP contribution in [0.1, 0.15) is 17.2 Å². The maximum absolute atomic E-state index is 10.5. The van der Waals surface area contributed by atoms with Gasteiger partial charge < -0.3 is 20.1 Å². The van der Waals surface area contributed by atoms with Crippen molar-refractivity contribution in [3.8, 4) is 5.75 Å². The van der Waals surface area contributed by atoms with Gasteiger partial charge in [0.1, 0.15) is 18.5 Å². The van der Waals surface area contributed by atoms with Crippen LogP contribution in [0.25, 0.3) is 0 Å². The molecule has 2 aromatic carbocycles. The summed E-state index contributed by atoms with van der Waals surface area (Å²) in [6.45, 7) is 0.386. The van der Waals surface area contributed by atoms with Crippen LogP contribution in [0.15, 0.2) is 66.4 Å². The second-order valence-corrected chi connectivity index (χ2v) is 4.65. The first-order valence-corrected chi connectivity index (χ1v) is 6.65. The molecular weight excluding hydrogens is 284 g/mol. The lowest BCUT2D eigenvalue weighted by Gasteiger charge is -2.10. The molecule has 0 saturated heterocycles. The molecule has 0 amide bonds. The van der Waals surface area contributed by atoms with Gasteiger partial charge in [-0.05, 0) is 29.3 Å². The van der Waals surface area contributed by atoms with Crippen molar-refractivity contribution < 1.29 is 24.9 Å². The van der Waals surface area contributed by atoms with Crippen molar-refractivity contribution in [1.82, 2.24) is 0 Å². The summed E-state index contributed by atoms with van der Waals surface area (Å²) in [5.74, 6) is -1.85. The normalized spacial score (nSPS) is 12.7. The molecule has 5 nitrogen and oxygen atoms in total. The van der Waals surface area contributed by atoms with E-state index in [4.69, 9.17) is 14.9 Å². The maximum Gasteiger partial charge on any atom is 0.370 e. The van der Waals surface area contributed by atoms with Gasteiger partial charge in [0.25, 0.3) is 0 Å². The number of carboxylic acids is 1. The molecule has 0 saturated carbocycles. The lowest BCUT2D eigenvalue weighted by Crippen LogP contribution is -2.03. The van der Waals surface area contributed by atoms with Gasteiger partial charge in [-0.25, -0.2) is 4.79 Å². The van der Waals surface area contributed by atoms with Gasteiger partial charge in [0.05, 0.1) is 0 Å². The SMILES string of the molecule is O=C(O)/C(O)=C/C(O)c1cccc(OCc2ccccc2)c1. The second-order valence-electron chi connectivity index (χ2n) is 4.65. The number of benzene rings is 2. The van der Waals surface area contributed by atoms with Crippen molar-refractivity contribution in [3.05, 3.63) is 77.6 Å². The molecule has 114 valence electrons.